The molecule has 0 amide bonds. The van der Waals surface area contributed by atoms with Gasteiger partial charge in [-0.05, 0) is 0 Å². The van der Waals surface area contributed by atoms with E-state index in [2.05, 4.69) is 13.5 Å². The van der Waals surface area contributed by atoms with Gasteiger partial charge in [0.25, 0.3) is 0 Å². The Hall–Kier alpha value is 0.400. The van der Waals surface area contributed by atoms with E-state index < -0.39 is 0 Å². The van der Waals surface area contributed by atoms with Crippen LogP contribution in [0.5, 0.6) is 0 Å². The smallest absolute Gasteiger partial charge is 0.0352 e. The molecule has 3 unspecified atom stereocenters. The van der Waals surface area contributed by atoms with Crippen molar-refractivity contribution in [3.63, 3.8) is 0 Å². The van der Waals surface area contributed by atoms with Crippen molar-refractivity contribution >= 4 is 23.5 Å². The second-order valence-electron chi connectivity index (χ2n) is 2.72. The van der Waals surface area contributed by atoms with Gasteiger partial charge in [-0.2, -0.15) is 23.5 Å². The summed E-state index contributed by atoms with van der Waals surface area (Å²) in [4.78, 5) is 0. The van der Waals surface area contributed by atoms with Crippen LogP contribution in [0.15, 0.2) is 12.7 Å². The predicted molar refractivity (Wildman–Crippen MR) is 56.3 cm³/mol. The van der Waals surface area contributed by atoms with Crippen LogP contribution < -0.4 is 5.73 Å². The molecule has 0 aromatic carbocycles. The lowest BCUT2D eigenvalue weighted by molar-refractivity contribution is 0.732. The van der Waals surface area contributed by atoms with Crippen molar-refractivity contribution in [2.75, 3.05) is 11.5 Å². The van der Waals surface area contributed by atoms with Gasteiger partial charge in [-0.15, -0.1) is 6.58 Å². The van der Waals surface area contributed by atoms with E-state index in [9.17, 15) is 0 Å². The highest BCUT2D eigenvalue weighted by atomic mass is 32.2. The molecule has 1 saturated heterocycles. The summed E-state index contributed by atoms with van der Waals surface area (Å²) in [6.07, 6.45) is 1.86. The molecule has 1 aliphatic heterocycles. The van der Waals surface area contributed by atoms with E-state index in [1.165, 1.54) is 11.5 Å². The maximum absolute atomic E-state index is 5.89. The van der Waals surface area contributed by atoms with E-state index in [1.807, 2.05) is 29.6 Å². The first kappa shape index (κ1) is 9.49. The minimum atomic E-state index is 0.169. The first-order valence-electron chi connectivity index (χ1n) is 3.87. The summed E-state index contributed by atoms with van der Waals surface area (Å²) in [5.41, 5.74) is 5.89. The SMILES string of the molecule is C=CC(N)C1SCCSC1C. The summed E-state index contributed by atoms with van der Waals surface area (Å²) in [6, 6.07) is 0.169. The Bertz CT molecular complexity index is 138. The van der Waals surface area contributed by atoms with E-state index in [0.717, 1.165) is 0 Å². The van der Waals surface area contributed by atoms with Crippen LogP contribution in [0.25, 0.3) is 0 Å². The molecule has 0 spiro atoms. The van der Waals surface area contributed by atoms with Crippen LogP contribution in [0.1, 0.15) is 6.92 Å². The molecule has 3 atom stereocenters. The maximum Gasteiger partial charge on any atom is 0.0352 e. The molecule has 2 N–H and O–H groups in total. The topological polar surface area (TPSA) is 26.0 Å². The van der Waals surface area contributed by atoms with E-state index >= 15 is 0 Å². The lowest BCUT2D eigenvalue weighted by Gasteiger charge is -2.30. The Morgan fingerprint density at radius 1 is 1.55 bits per heavy atom. The van der Waals surface area contributed by atoms with Crippen molar-refractivity contribution in [3.8, 4) is 0 Å². The lowest BCUT2D eigenvalue weighted by atomic mass is 10.2. The minimum absolute atomic E-state index is 0.169. The molecule has 0 saturated carbocycles. The van der Waals surface area contributed by atoms with Crippen molar-refractivity contribution in [2.45, 2.75) is 23.5 Å². The summed E-state index contributed by atoms with van der Waals surface area (Å²) < 4.78 is 0. The zero-order valence-corrected chi connectivity index (χ0v) is 8.46. The molecule has 11 heavy (non-hydrogen) atoms. The number of hydrogen-bond acceptors (Lipinski definition) is 3. The fourth-order valence-electron chi connectivity index (χ4n) is 1.21. The van der Waals surface area contributed by atoms with Gasteiger partial charge in [-0.25, -0.2) is 0 Å². The Morgan fingerprint density at radius 2 is 2.18 bits per heavy atom. The third-order valence-electron chi connectivity index (χ3n) is 1.89. The van der Waals surface area contributed by atoms with Crippen LogP contribution in [-0.4, -0.2) is 28.0 Å². The molecular formula is C8H15NS2. The number of hydrogen-bond donors (Lipinski definition) is 1. The van der Waals surface area contributed by atoms with Gasteiger partial charge >= 0.3 is 0 Å². The van der Waals surface area contributed by atoms with Crippen molar-refractivity contribution in [1.29, 1.82) is 0 Å². The molecule has 0 aromatic heterocycles. The highest BCUT2D eigenvalue weighted by Crippen LogP contribution is 2.32. The molecule has 1 nitrogen and oxygen atoms in total. The Morgan fingerprint density at radius 3 is 2.73 bits per heavy atom. The largest absolute Gasteiger partial charge is 0.324 e. The second-order valence-corrected chi connectivity index (χ2v) is 5.50. The molecule has 0 bridgehead atoms. The van der Waals surface area contributed by atoms with Crippen LogP contribution in [0, 0.1) is 0 Å². The maximum atomic E-state index is 5.89. The molecular weight excluding hydrogens is 174 g/mol. The van der Waals surface area contributed by atoms with Gasteiger partial charge in [0, 0.05) is 28.0 Å². The average Bonchev–Trinajstić information content (AvgIpc) is 2.04. The molecule has 0 radical (unpaired) electrons. The van der Waals surface area contributed by atoms with Crippen molar-refractivity contribution in [3.05, 3.63) is 12.7 Å². The third-order valence-corrected chi connectivity index (χ3v) is 5.13. The normalized spacial score (nSPS) is 34.7. The lowest BCUT2D eigenvalue weighted by Crippen LogP contribution is -2.39. The molecule has 1 rings (SSSR count). The van der Waals surface area contributed by atoms with Crippen LogP contribution in [-0.2, 0) is 0 Å². The minimum Gasteiger partial charge on any atom is -0.324 e. The van der Waals surface area contributed by atoms with Gasteiger partial charge < -0.3 is 5.73 Å². The van der Waals surface area contributed by atoms with Gasteiger partial charge in [-0.1, -0.05) is 13.0 Å². The Labute approximate surface area is 77.2 Å². The monoisotopic (exact) mass is 189 g/mol. The molecule has 3 heteroatoms. The van der Waals surface area contributed by atoms with Gasteiger partial charge in [-0.3, -0.25) is 0 Å². The molecule has 1 fully saturated rings. The second kappa shape index (κ2) is 4.43. The first-order valence-corrected chi connectivity index (χ1v) is 5.97. The molecule has 1 heterocycles. The highest BCUT2D eigenvalue weighted by molar-refractivity contribution is 8.07. The van der Waals surface area contributed by atoms with Crippen LogP contribution in [0.3, 0.4) is 0 Å². The predicted octanol–water partition coefficient (Wildman–Crippen LogP) is 1.74. The van der Waals surface area contributed by atoms with Gasteiger partial charge in [0.1, 0.15) is 0 Å². The van der Waals surface area contributed by atoms with Crippen LogP contribution >= 0.6 is 23.5 Å². The van der Waals surface area contributed by atoms with Gasteiger partial charge in [0.05, 0.1) is 0 Å². The summed E-state index contributed by atoms with van der Waals surface area (Å²) in [6.45, 7) is 5.98. The Balaban J connectivity index is 2.46. The molecule has 0 aromatic rings. The summed E-state index contributed by atoms with van der Waals surface area (Å²) in [7, 11) is 0. The number of rotatable bonds is 2. The molecule has 1 aliphatic rings. The fourth-order valence-corrected chi connectivity index (χ4v) is 4.07. The molecule has 64 valence electrons. The Kier molecular flexibility index (Phi) is 3.82. The van der Waals surface area contributed by atoms with E-state index in [0.29, 0.717) is 10.5 Å². The summed E-state index contributed by atoms with van der Waals surface area (Å²) >= 11 is 4.01. The molecule has 0 aliphatic carbocycles. The fraction of sp³-hybridized carbons (Fsp3) is 0.750. The zero-order chi connectivity index (χ0) is 8.27. The zero-order valence-electron chi connectivity index (χ0n) is 6.82. The summed E-state index contributed by atoms with van der Waals surface area (Å²) in [5, 5.41) is 1.26. The standard InChI is InChI=1S/C8H15NS2/c1-3-7(9)8-6(2)10-4-5-11-8/h3,6-8H,1,4-5,9H2,2H3. The summed E-state index contributed by atoms with van der Waals surface area (Å²) in [5.74, 6) is 2.51. The van der Waals surface area contributed by atoms with Crippen molar-refractivity contribution in [2.24, 2.45) is 5.73 Å². The van der Waals surface area contributed by atoms with Crippen molar-refractivity contribution in [1.82, 2.24) is 0 Å². The third kappa shape index (κ3) is 2.42. The average molecular weight is 189 g/mol. The van der Waals surface area contributed by atoms with E-state index in [-0.39, 0.29) is 6.04 Å². The van der Waals surface area contributed by atoms with E-state index in [4.69, 9.17) is 5.73 Å². The first-order chi connectivity index (χ1) is 5.25. The number of nitrogens with two attached hydrogens (primary N) is 1. The van der Waals surface area contributed by atoms with Crippen LogP contribution in [0.2, 0.25) is 0 Å². The quantitative estimate of drug-likeness (QED) is 0.670. The van der Waals surface area contributed by atoms with E-state index in [1.54, 1.807) is 0 Å². The van der Waals surface area contributed by atoms with Gasteiger partial charge in [0.15, 0.2) is 0 Å². The van der Waals surface area contributed by atoms with Gasteiger partial charge in [0.2, 0.25) is 0 Å². The number of thioether (sulfide) groups is 2. The van der Waals surface area contributed by atoms with Crippen LogP contribution in [0.4, 0.5) is 0 Å². The highest BCUT2D eigenvalue weighted by Gasteiger charge is 2.25. The van der Waals surface area contributed by atoms with Crippen molar-refractivity contribution < 1.29 is 0 Å².